The molecular formula is C14H13FN2O2S. The number of carbonyl (C=O) groups excluding carboxylic acids is 1. The molecule has 20 heavy (non-hydrogen) atoms. The number of thioether (sulfide) groups is 1. The zero-order chi connectivity index (χ0) is 14.5. The Kier molecular flexibility index (Phi) is 4.57. The fourth-order valence-corrected chi connectivity index (χ4v) is 2.40. The Balaban J connectivity index is 2.01. The summed E-state index contributed by atoms with van der Waals surface area (Å²) in [5.74, 6) is -0.701. The Labute approximate surface area is 120 Å². The SMILES string of the molecule is CC(Sc1cccc[n+]1[O-])C(=O)Nc1cccc(F)c1. The van der Waals surface area contributed by atoms with Crippen molar-refractivity contribution < 1.29 is 13.9 Å². The lowest BCUT2D eigenvalue weighted by molar-refractivity contribution is -0.645. The van der Waals surface area contributed by atoms with Gasteiger partial charge in [0, 0.05) is 17.8 Å². The molecule has 0 bridgehead atoms. The van der Waals surface area contributed by atoms with Crippen LogP contribution >= 0.6 is 11.8 Å². The first-order valence-corrected chi connectivity index (χ1v) is 6.85. The number of carbonyl (C=O) groups is 1. The molecule has 2 aromatic rings. The molecule has 0 aliphatic carbocycles. The van der Waals surface area contributed by atoms with E-state index >= 15 is 0 Å². The van der Waals surface area contributed by atoms with Crippen LogP contribution in [0, 0.1) is 11.0 Å². The van der Waals surface area contributed by atoms with Gasteiger partial charge in [-0.05, 0) is 43.0 Å². The Hall–Kier alpha value is -2.08. The van der Waals surface area contributed by atoms with Crippen molar-refractivity contribution >= 4 is 23.4 Å². The number of aromatic nitrogens is 1. The molecule has 0 radical (unpaired) electrons. The summed E-state index contributed by atoms with van der Waals surface area (Å²) in [4.78, 5) is 12.0. The standard InChI is InChI=1S/C14H13FN2O2S/c1-10(20-13-7-2-3-8-17(13)19)14(18)16-12-6-4-5-11(15)9-12/h2-10H,1H3,(H,16,18). The fraction of sp³-hybridized carbons (Fsp3) is 0.143. The van der Waals surface area contributed by atoms with Crippen molar-refractivity contribution in [2.24, 2.45) is 0 Å². The monoisotopic (exact) mass is 292 g/mol. The van der Waals surface area contributed by atoms with Gasteiger partial charge in [-0.1, -0.05) is 6.07 Å². The highest BCUT2D eigenvalue weighted by Gasteiger charge is 2.18. The van der Waals surface area contributed by atoms with Gasteiger partial charge in [0.15, 0.2) is 6.20 Å². The number of nitrogens with one attached hydrogen (secondary N) is 1. The van der Waals surface area contributed by atoms with E-state index in [1.54, 1.807) is 31.2 Å². The maximum absolute atomic E-state index is 13.0. The van der Waals surface area contributed by atoms with Crippen molar-refractivity contribution in [3.8, 4) is 0 Å². The third kappa shape index (κ3) is 3.71. The third-order valence-corrected chi connectivity index (χ3v) is 3.67. The normalized spacial score (nSPS) is 11.9. The number of nitrogens with zero attached hydrogens (tertiary/aromatic N) is 1. The highest BCUT2D eigenvalue weighted by atomic mass is 32.2. The number of halogens is 1. The van der Waals surface area contributed by atoms with Crippen LogP contribution in [0.15, 0.2) is 53.7 Å². The summed E-state index contributed by atoms with van der Waals surface area (Å²) in [6.07, 6.45) is 1.37. The maximum atomic E-state index is 13.0. The van der Waals surface area contributed by atoms with Gasteiger partial charge < -0.3 is 10.5 Å². The van der Waals surface area contributed by atoms with Crippen molar-refractivity contribution in [1.29, 1.82) is 0 Å². The molecule has 1 aromatic heterocycles. The predicted molar refractivity (Wildman–Crippen MR) is 75.8 cm³/mol. The first kappa shape index (κ1) is 14.3. The van der Waals surface area contributed by atoms with E-state index in [1.807, 2.05) is 0 Å². The topological polar surface area (TPSA) is 56.0 Å². The smallest absolute Gasteiger partial charge is 0.252 e. The van der Waals surface area contributed by atoms with E-state index in [1.165, 1.54) is 24.4 Å². The lowest BCUT2D eigenvalue weighted by Crippen LogP contribution is -2.30. The van der Waals surface area contributed by atoms with Gasteiger partial charge in [0.05, 0.1) is 5.25 Å². The first-order valence-electron chi connectivity index (χ1n) is 5.97. The molecule has 1 N–H and O–H groups in total. The van der Waals surface area contributed by atoms with Crippen LogP contribution in [0.4, 0.5) is 10.1 Å². The van der Waals surface area contributed by atoms with Gasteiger partial charge >= 0.3 is 0 Å². The summed E-state index contributed by atoms with van der Waals surface area (Å²) < 4.78 is 13.7. The molecule has 6 heteroatoms. The Morgan fingerprint density at radius 2 is 2.15 bits per heavy atom. The van der Waals surface area contributed by atoms with Crippen LogP contribution in [0.5, 0.6) is 0 Å². The Bertz CT molecular complexity index is 622. The molecule has 1 heterocycles. The molecule has 0 aliphatic rings. The summed E-state index contributed by atoms with van der Waals surface area (Å²) in [7, 11) is 0. The minimum absolute atomic E-state index is 0.288. The van der Waals surface area contributed by atoms with Crippen molar-refractivity contribution in [1.82, 2.24) is 0 Å². The van der Waals surface area contributed by atoms with Gasteiger partial charge in [-0.3, -0.25) is 4.79 Å². The van der Waals surface area contributed by atoms with Gasteiger partial charge in [0.1, 0.15) is 5.82 Å². The van der Waals surface area contributed by atoms with Crippen molar-refractivity contribution in [3.63, 3.8) is 0 Å². The number of amides is 1. The van der Waals surface area contributed by atoms with E-state index < -0.39 is 11.1 Å². The second kappa shape index (κ2) is 6.38. The molecular weight excluding hydrogens is 279 g/mol. The lowest BCUT2D eigenvalue weighted by atomic mass is 10.3. The average Bonchev–Trinajstić information content (AvgIpc) is 2.41. The molecule has 1 amide bonds. The van der Waals surface area contributed by atoms with Crippen LogP contribution in [0.25, 0.3) is 0 Å². The average molecular weight is 292 g/mol. The van der Waals surface area contributed by atoms with Crippen LogP contribution in [-0.2, 0) is 4.79 Å². The van der Waals surface area contributed by atoms with Crippen LogP contribution in [0.2, 0.25) is 0 Å². The van der Waals surface area contributed by atoms with E-state index in [2.05, 4.69) is 5.32 Å². The molecule has 1 atom stereocenters. The minimum atomic E-state index is -0.471. The van der Waals surface area contributed by atoms with E-state index in [9.17, 15) is 14.4 Å². The second-order valence-corrected chi connectivity index (χ2v) is 5.49. The quantitative estimate of drug-likeness (QED) is 0.535. The van der Waals surface area contributed by atoms with Crippen LogP contribution < -0.4 is 10.0 Å². The van der Waals surface area contributed by atoms with Crippen molar-refractivity contribution in [2.75, 3.05) is 5.32 Å². The fourth-order valence-electron chi connectivity index (χ4n) is 1.55. The number of hydrogen-bond acceptors (Lipinski definition) is 3. The molecule has 0 aliphatic heterocycles. The van der Waals surface area contributed by atoms with Gasteiger partial charge in [0.25, 0.3) is 5.03 Å². The Morgan fingerprint density at radius 3 is 2.85 bits per heavy atom. The molecule has 1 aromatic carbocycles. The van der Waals surface area contributed by atoms with Gasteiger partial charge in [-0.2, -0.15) is 4.73 Å². The maximum Gasteiger partial charge on any atom is 0.252 e. The van der Waals surface area contributed by atoms with Gasteiger partial charge in [0.2, 0.25) is 5.91 Å². The van der Waals surface area contributed by atoms with E-state index in [4.69, 9.17) is 0 Å². The van der Waals surface area contributed by atoms with Crippen LogP contribution in [0.1, 0.15) is 6.92 Å². The number of benzene rings is 1. The highest BCUT2D eigenvalue weighted by molar-refractivity contribution is 8.00. The predicted octanol–water partition coefficient (Wildman–Crippen LogP) is 2.58. The number of rotatable bonds is 4. The third-order valence-electron chi connectivity index (χ3n) is 2.55. The molecule has 4 nitrogen and oxygen atoms in total. The summed E-state index contributed by atoms with van der Waals surface area (Å²) >= 11 is 1.15. The Morgan fingerprint density at radius 1 is 1.35 bits per heavy atom. The van der Waals surface area contributed by atoms with Gasteiger partial charge in [-0.25, -0.2) is 4.39 Å². The number of pyridine rings is 1. The zero-order valence-electron chi connectivity index (χ0n) is 10.7. The molecule has 0 spiro atoms. The van der Waals surface area contributed by atoms with E-state index in [0.717, 1.165) is 11.8 Å². The second-order valence-electron chi connectivity index (χ2n) is 4.12. The molecule has 0 fully saturated rings. The first-order chi connectivity index (χ1) is 9.56. The highest BCUT2D eigenvalue weighted by Crippen LogP contribution is 2.21. The van der Waals surface area contributed by atoms with Crippen LogP contribution in [0.3, 0.4) is 0 Å². The summed E-state index contributed by atoms with van der Waals surface area (Å²) in [6.45, 7) is 1.69. The molecule has 104 valence electrons. The largest absolute Gasteiger partial charge is 0.618 e. The summed E-state index contributed by atoms with van der Waals surface area (Å²) in [5.41, 5.74) is 0.394. The molecule has 2 rings (SSSR count). The lowest BCUT2D eigenvalue weighted by Gasteiger charge is -2.11. The van der Waals surface area contributed by atoms with Gasteiger partial charge in [-0.15, -0.1) is 0 Å². The number of anilines is 1. The van der Waals surface area contributed by atoms with E-state index in [-0.39, 0.29) is 5.91 Å². The zero-order valence-corrected chi connectivity index (χ0v) is 11.6. The summed E-state index contributed by atoms with van der Waals surface area (Å²) in [6, 6.07) is 10.7. The molecule has 1 unspecified atom stereocenters. The minimum Gasteiger partial charge on any atom is -0.618 e. The van der Waals surface area contributed by atoms with Crippen molar-refractivity contribution in [2.45, 2.75) is 17.2 Å². The molecule has 0 saturated heterocycles. The summed E-state index contributed by atoms with van der Waals surface area (Å²) in [5, 5.41) is 14.1. The molecule has 0 saturated carbocycles. The number of hydrogen-bond donors (Lipinski definition) is 1. The van der Waals surface area contributed by atoms with E-state index in [0.29, 0.717) is 15.4 Å². The van der Waals surface area contributed by atoms with Crippen molar-refractivity contribution in [3.05, 3.63) is 59.7 Å². The van der Waals surface area contributed by atoms with Crippen LogP contribution in [-0.4, -0.2) is 11.2 Å².